The third kappa shape index (κ3) is 3.05. The predicted octanol–water partition coefficient (Wildman–Crippen LogP) is 4.09. The Kier molecular flexibility index (Phi) is 3.82. The van der Waals surface area contributed by atoms with Gasteiger partial charge in [0.25, 0.3) is 0 Å². The van der Waals surface area contributed by atoms with Gasteiger partial charge in [-0.05, 0) is 48.2 Å². The maximum Gasteiger partial charge on any atom is 0.229 e. The van der Waals surface area contributed by atoms with Crippen molar-refractivity contribution >= 4 is 22.4 Å². The van der Waals surface area contributed by atoms with E-state index in [1.807, 2.05) is 17.5 Å². The summed E-state index contributed by atoms with van der Waals surface area (Å²) in [4.78, 5) is 20.7. The molecule has 0 radical (unpaired) electrons. The molecule has 2 aromatic heterocycles. The Hall–Kier alpha value is -2.60. The van der Waals surface area contributed by atoms with E-state index in [4.69, 9.17) is 0 Å². The number of nitrogens with one attached hydrogen (secondary N) is 1. The van der Waals surface area contributed by atoms with Crippen LogP contribution in [0.3, 0.4) is 0 Å². The van der Waals surface area contributed by atoms with Crippen molar-refractivity contribution in [3.8, 4) is 11.3 Å². The second-order valence-corrected chi connectivity index (χ2v) is 6.65. The Balaban J connectivity index is 1.43. The number of aromatic nitrogens is 2. The zero-order chi connectivity index (χ0) is 16.5. The van der Waals surface area contributed by atoms with Gasteiger partial charge >= 0.3 is 0 Å². The van der Waals surface area contributed by atoms with Crippen molar-refractivity contribution in [2.24, 2.45) is 5.92 Å². The number of carbonyl (C=O) groups excluding carboxylic acids is 1. The van der Waals surface area contributed by atoms with E-state index in [2.05, 4.69) is 15.3 Å². The molecule has 4 rings (SSSR count). The molecule has 120 valence electrons. The van der Waals surface area contributed by atoms with Crippen LogP contribution in [0.5, 0.6) is 0 Å². The van der Waals surface area contributed by atoms with Crippen LogP contribution in [-0.4, -0.2) is 15.9 Å². The molecule has 2 heterocycles. The molecule has 2 atom stereocenters. The largest absolute Gasteiger partial charge is 0.302 e. The van der Waals surface area contributed by atoms with E-state index >= 15 is 0 Å². The number of nitrogens with zero attached hydrogens (tertiary/aromatic N) is 2. The monoisotopic (exact) mass is 339 g/mol. The van der Waals surface area contributed by atoms with Gasteiger partial charge in [0.15, 0.2) is 5.13 Å². The molecule has 1 aromatic carbocycles. The predicted molar refractivity (Wildman–Crippen MR) is 91.2 cm³/mol. The lowest BCUT2D eigenvalue weighted by Crippen LogP contribution is -2.14. The molecular weight excluding hydrogens is 325 g/mol. The number of amides is 1. The van der Waals surface area contributed by atoms with E-state index in [-0.39, 0.29) is 23.6 Å². The highest BCUT2D eigenvalue weighted by Gasteiger charge is 2.44. The minimum absolute atomic E-state index is 0.0116. The van der Waals surface area contributed by atoms with E-state index in [1.165, 1.54) is 23.5 Å². The smallest absolute Gasteiger partial charge is 0.229 e. The molecule has 1 amide bonds. The van der Waals surface area contributed by atoms with Crippen molar-refractivity contribution in [2.45, 2.75) is 12.3 Å². The summed E-state index contributed by atoms with van der Waals surface area (Å²) in [6.45, 7) is 0. The number of thiazole rings is 1. The molecule has 1 N–H and O–H groups in total. The molecular formula is C18H14FN3OS. The SMILES string of the molecule is O=C(Nc1nccs1)C1CC1c1ccc(-c2ccc(F)cc2)nc1. The first kappa shape index (κ1) is 15.0. The first-order valence-electron chi connectivity index (χ1n) is 7.63. The second kappa shape index (κ2) is 6.13. The minimum atomic E-state index is -0.262. The quantitative estimate of drug-likeness (QED) is 0.779. The normalized spacial score (nSPS) is 19.0. The molecule has 2 unspecified atom stereocenters. The summed E-state index contributed by atoms with van der Waals surface area (Å²) in [5, 5.41) is 5.30. The highest BCUT2D eigenvalue weighted by Crippen LogP contribution is 2.48. The van der Waals surface area contributed by atoms with Gasteiger partial charge in [0.2, 0.25) is 5.91 Å². The molecule has 0 spiro atoms. The molecule has 1 fully saturated rings. The average molecular weight is 339 g/mol. The van der Waals surface area contributed by atoms with Gasteiger partial charge in [0.1, 0.15) is 5.82 Å². The number of halogens is 1. The van der Waals surface area contributed by atoms with Crippen molar-refractivity contribution < 1.29 is 9.18 Å². The lowest BCUT2D eigenvalue weighted by Gasteiger charge is -2.04. The number of hydrogen-bond donors (Lipinski definition) is 1. The van der Waals surface area contributed by atoms with Crippen LogP contribution >= 0.6 is 11.3 Å². The Labute approximate surface area is 142 Å². The number of pyridine rings is 1. The topological polar surface area (TPSA) is 54.9 Å². The van der Waals surface area contributed by atoms with Gasteiger partial charge in [0.05, 0.1) is 5.69 Å². The van der Waals surface area contributed by atoms with Gasteiger partial charge in [0, 0.05) is 29.3 Å². The van der Waals surface area contributed by atoms with Crippen molar-refractivity contribution in [1.82, 2.24) is 9.97 Å². The third-order valence-electron chi connectivity index (χ3n) is 4.14. The summed E-state index contributed by atoms with van der Waals surface area (Å²) in [5.41, 5.74) is 2.72. The van der Waals surface area contributed by atoms with E-state index in [1.54, 1.807) is 24.5 Å². The van der Waals surface area contributed by atoms with Crippen LogP contribution in [-0.2, 0) is 4.79 Å². The average Bonchev–Trinajstić information content (AvgIpc) is 3.25. The van der Waals surface area contributed by atoms with E-state index in [0.29, 0.717) is 5.13 Å². The number of anilines is 1. The molecule has 1 saturated carbocycles. The number of benzene rings is 1. The van der Waals surface area contributed by atoms with Crippen molar-refractivity contribution in [3.63, 3.8) is 0 Å². The highest BCUT2D eigenvalue weighted by atomic mass is 32.1. The maximum atomic E-state index is 13.0. The Morgan fingerprint density at radius 1 is 1.17 bits per heavy atom. The molecule has 0 saturated heterocycles. The van der Waals surface area contributed by atoms with Crippen LogP contribution in [0, 0.1) is 11.7 Å². The van der Waals surface area contributed by atoms with Gasteiger partial charge < -0.3 is 5.32 Å². The Bertz CT molecular complexity index is 847. The first-order chi connectivity index (χ1) is 11.7. The van der Waals surface area contributed by atoms with Crippen LogP contribution in [0.1, 0.15) is 17.9 Å². The van der Waals surface area contributed by atoms with Crippen molar-refractivity contribution in [2.75, 3.05) is 5.32 Å². The Morgan fingerprint density at radius 2 is 2.00 bits per heavy atom. The lowest BCUT2D eigenvalue weighted by atomic mass is 10.1. The van der Waals surface area contributed by atoms with Crippen molar-refractivity contribution in [3.05, 3.63) is 65.6 Å². The fourth-order valence-electron chi connectivity index (χ4n) is 2.75. The minimum Gasteiger partial charge on any atom is -0.302 e. The van der Waals surface area contributed by atoms with Gasteiger partial charge in [-0.25, -0.2) is 9.37 Å². The lowest BCUT2D eigenvalue weighted by molar-refractivity contribution is -0.117. The van der Waals surface area contributed by atoms with Crippen molar-refractivity contribution in [1.29, 1.82) is 0 Å². The molecule has 4 nitrogen and oxygen atoms in total. The molecule has 1 aliphatic carbocycles. The summed E-state index contributed by atoms with van der Waals surface area (Å²) in [6.07, 6.45) is 4.30. The summed E-state index contributed by atoms with van der Waals surface area (Å²) in [7, 11) is 0. The number of hydrogen-bond acceptors (Lipinski definition) is 4. The molecule has 24 heavy (non-hydrogen) atoms. The van der Waals surface area contributed by atoms with E-state index in [0.717, 1.165) is 23.2 Å². The number of rotatable bonds is 4. The van der Waals surface area contributed by atoms with Gasteiger partial charge in [-0.2, -0.15) is 0 Å². The summed E-state index contributed by atoms with van der Waals surface area (Å²) < 4.78 is 13.0. The Morgan fingerprint density at radius 3 is 2.67 bits per heavy atom. The van der Waals surface area contributed by atoms with E-state index in [9.17, 15) is 9.18 Å². The van der Waals surface area contributed by atoms with E-state index < -0.39 is 0 Å². The summed E-state index contributed by atoms with van der Waals surface area (Å²) >= 11 is 1.41. The molecule has 1 aliphatic rings. The summed E-state index contributed by atoms with van der Waals surface area (Å²) in [6, 6.07) is 10.2. The molecule has 0 aliphatic heterocycles. The third-order valence-corrected chi connectivity index (χ3v) is 4.83. The zero-order valence-corrected chi connectivity index (χ0v) is 13.5. The maximum absolute atomic E-state index is 13.0. The molecule has 3 aromatic rings. The molecule has 6 heteroatoms. The van der Waals surface area contributed by atoms with Crippen LogP contribution in [0.25, 0.3) is 11.3 Å². The number of carbonyl (C=O) groups is 1. The summed E-state index contributed by atoms with van der Waals surface area (Å²) in [5.74, 6) is -0.0629. The van der Waals surface area contributed by atoms with Crippen LogP contribution in [0.4, 0.5) is 9.52 Å². The van der Waals surface area contributed by atoms with Gasteiger partial charge in [-0.3, -0.25) is 9.78 Å². The fourth-order valence-corrected chi connectivity index (χ4v) is 3.28. The standard InChI is InChI=1S/C18H14FN3OS/c19-13-4-1-11(2-5-13)16-6-3-12(10-21-16)14-9-15(14)17(23)22-18-20-7-8-24-18/h1-8,10,14-15H,9H2,(H,20,22,23). The zero-order valence-electron chi connectivity index (χ0n) is 12.6. The van der Waals surface area contributed by atoms with Crippen LogP contribution in [0.2, 0.25) is 0 Å². The van der Waals surface area contributed by atoms with Gasteiger partial charge in [-0.15, -0.1) is 11.3 Å². The van der Waals surface area contributed by atoms with Crippen LogP contribution < -0.4 is 5.32 Å². The van der Waals surface area contributed by atoms with Crippen LogP contribution in [0.15, 0.2) is 54.2 Å². The molecule has 0 bridgehead atoms. The van der Waals surface area contributed by atoms with Gasteiger partial charge in [-0.1, -0.05) is 6.07 Å². The fraction of sp³-hybridized carbons (Fsp3) is 0.167. The highest BCUT2D eigenvalue weighted by molar-refractivity contribution is 7.13. The second-order valence-electron chi connectivity index (χ2n) is 5.76. The first-order valence-corrected chi connectivity index (χ1v) is 8.51.